The lowest BCUT2D eigenvalue weighted by atomic mass is 10.2. The van der Waals surface area contributed by atoms with Gasteiger partial charge in [0.2, 0.25) is 5.91 Å². The third-order valence-electron chi connectivity index (χ3n) is 4.04. The maximum atomic E-state index is 12.8. The first-order valence-corrected chi connectivity index (χ1v) is 10.8. The van der Waals surface area contributed by atoms with Crippen molar-refractivity contribution < 1.29 is 14.3 Å². The summed E-state index contributed by atoms with van der Waals surface area (Å²) in [6, 6.07) is 11.8. The van der Waals surface area contributed by atoms with Gasteiger partial charge in [-0.2, -0.15) is 0 Å². The highest BCUT2D eigenvalue weighted by atomic mass is 32.2. The number of thioether (sulfide) groups is 1. The van der Waals surface area contributed by atoms with E-state index in [9.17, 15) is 9.59 Å². The molecule has 0 saturated heterocycles. The summed E-state index contributed by atoms with van der Waals surface area (Å²) in [7, 11) is 0. The number of hydrogen-bond acceptors (Lipinski definition) is 7. The average molecular weight is 428 g/mol. The Morgan fingerprint density at radius 2 is 2.07 bits per heavy atom. The molecule has 0 bridgehead atoms. The van der Waals surface area contributed by atoms with Crippen molar-refractivity contribution in [1.82, 2.24) is 9.97 Å². The van der Waals surface area contributed by atoms with Gasteiger partial charge >= 0.3 is 5.97 Å². The van der Waals surface area contributed by atoms with Crippen molar-refractivity contribution in [2.24, 2.45) is 0 Å². The Balaban J connectivity index is 1.69. The molecular formula is C21H21N3O3S2. The van der Waals surface area contributed by atoms with Gasteiger partial charge in [-0.15, -0.1) is 0 Å². The van der Waals surface area contributed by atoms with E-state index in [4.69, 9.17) is 4.74 Å². The number of ether oxygens (including phenoxy) is 1. The molecule has 29 heavy (non-hydrogen) atoms. The summed E-state index contributed by atoms with van der Waals surface area (Å²) < 4.78 is 5.05. The van der Waals surface area contributed by atoms with E-state index in [0.717, 1.165) is 27.3 Å². The summed E-state index contributed by atoms with van der Waals surface area (Å²) in [5, 5.41) is 4.71. The molecule has 0 aliphatic rings. The number of nitrogens with zero attached hydrogens (tertiary/aromatic N) is 2. The predicted octanol–water partition coefficient (Wildman–Crippen LogP) is 4.85. The van der Waals surface area contributed by atoms with Crippen molar-refractivity contribution in [3.05, 3.63) is 59.6 Å². The fourth-order valence-electron chi connectivity index (χ4n) is 2.61. The van der Waals surface area contributed by atoms with Crippen molar-refractivity contribution in [1.29, 1.82) is 0 Å². The molecule has 0 spiro atoms. The van der Waals surface area contributed by atoms with Crippen molar-refractivity contribution >= 4 is 51.0 Å². The number of carbonyl (C=O) groups is 2. The second-order valence-electron chi connectivity index (χ2n) is 6.17. The second kappa shape index (κ2) is 9.67. The molecule has 0 fully saturated rings. The van der Waals surface area contributed by atoms with Crippen molar-refractivity contribution in [3.8, 4) is 0 Å². The molecule has 0 aliphatic carbocycles. The van der Waals surface area contributed by atoms with E-state index >= 15 is 0 Å². The lowest BCUT2D eigenvalue weighted by Gasteiger charge is -2.13. The van der Waals surface area contributed by atoms with Crippen LogP contribution in [0.1, 0.15) is 28.7 Å². The number of pyridine rings is 1. The number of amides is 1. The van der Waals surface area contributed by atoms with Crippen LogP contribution in [-0.2, 0) is 9.53 Å². The zero-order valence-corrected chi connectivity index (χ0v) is 17.8. The third kappa shape index (κ3) is 5.21. The summed E-state index contributed by atoms with van der Waals surface area (Å²) in [5.74, 6) is -0.644. The minimum atomic E-state index is -0.470. The molecule has 2 aromatic heterocycles. The fraction of sp³-hybridized carbons (Fsp3) is 0.238. The molecule has 0 radical (unpaired) electrons. The molecule has 150 valence electrons. The quantitative estimate of drug-likeness (QED) is 0.314. The molecule has 1 aromatic carbocycles. The first-order valence-electron chi connectivity index (χ1n) is 9.10. The van der Waals surface area contributed by atoms with Gasteiger partial charge in [-0.05, 0) is 25.5 Å². The fourth-order valence-corrected chi connectivity index (χ4v) is 4.39. The third-order valence-corrected chi connectivity index (χ3v) is 6.40. The van der Waals surface area contributed by atoms with Gasteiger partial charge in [0.15, 0.2) is 5.13 Å². The van der Waals surface area contributed by atoms with Gasteiger partial charge in [0, 0.05) is 5.39 Å². The van der Waals surface area contributed by atoms with Crippen LogP contribution in [0, 0.1) is 6.92 Å². The Kier molecular flexibility index (Phi) is 7.00. The number of para-hydroxylation sites is 1. The highest BCUT2D eigenvalue weighted by Gasteiger charge is 2.22. The van der Waals surface area contributed by atoms with Gasteiger partial charge in [0.05, 0.1) is 21.5 Å². The number of nitrogens with one attached hydrogen (secondary N) is 1. The van der Waals surface area contributed by atoms with Crippen LogP contribution >= 0.6 is 23.1 Å². The van der Waals surface area contributed by atoms with E-state index in [-0.39, 0.29) is 17.8 Å². The highest BCUT2D eigenvalue weighted by molar-refractivity contribution is 8.00. The molecule has 3 aromatic rings. The number of fused-ring (bicyclic) bond motifs is 1. The SMILES string of the molecule is C=CCOC(=O)c1sc(NC(=O)C(CC)Sc2ccc3ccccc3n2)nc1C. The predicted molar refractivity (Wildman–Crippen MR) is 118 cm³/mol. The van der Waals surface area contributed by atoms with Gasteiger partial charge in [-0.3, -0.25) is 4.79 Å². The minimum Gasteiger partial charge on any atom is -0.457 e. The van der Waals surface area contributed by atoms with E-state index in [1.807, 2.05) is 43.3 Å². The van der Waals surface area contributed by atoms with Gasteiger partial charge < -0.3 is 10.1 Å². The number of hydrogen-bond donors (Lipinski definition) is 1. The van der Waals surface area contributed by atoms with Crippen LogP contribution in [0.3, 0.4) is 0 Å². The number of thiazole rings is 1. The molecule has 0 saturated carbocycles. The Morgan fingerprint density at radius 3 is 2.83 bits per heavy atom. The first-order chi connectivity index (χ1) is 14.0. The molecule has 0 aliphatic heterocycles. The van der Waals surface area contributed by atoms with Gasteiger partial charge in [0.1, 0.15) is 11.5 Å². The molecule has 3 rings (SSSR count). The lowest BCUT2D eigenvalue weighted by molar-refractivity contribution is -0.115. The van der Waals surface area contributed by atoms with Crippen molar-refractivity contribution in [2.45, 2.75) is 30.5 Å². The lowest BCUT2D eigenvalue weighted by Crippen LogP contribution is -2.24. The molecular weight excluding hydrogens is 406 g/mol. The number of aryl methyl sites for hydroxylation is 1. The monoisotopic (exact) mass is 427 g/mol. The molecule has 6 nitrogen and oxygen atoms in total. The molecule has 1 atom stereocenters. The van der Waals surface area contributed by atoms with E-state index in [0.29, 0.717) is 22.1 Å². The van der Waals surface area contributed by atoms with Gasteiger partial charge in [0.25, 0.3) is 0 Å². The van der Waals surface area contributed by atoms with Crippen LogP contribution < -0.4 is 5.32 Å². The van der Waals surface area contributed by atoms with Crippen LogP contribution in [0.15, 0.2) is 54.1 Å². The van der Waals surface area contributed by atoms with Crippen molar-refractivity contribution in [2.75, 3.05) is 11.9 Å². The van der Waals surface area contributed by atoms with Gasteiger partial charge in [-0.1, -0.05) is 66.9 Å². The number of rotatable bonds is 8. The van der Waals surface area contributed by atoms with Crippen molar-refractivity contribution in [3.63, 3.8) is 0 Å². The number of carbonyl (C=O) groups excluding carboxylic acids is 2. The summed E-state index contributed by atoms with van der Waals surface area (Å²) in [6.45, 7) is 7.31. The smallest absolute Gasteiger partial charge is 0.350 e. The standard InChI is InChI=1S/C21H21N3O3S2/c1-4-12-27-20(26)18-13(3)22-21(29-18)24-19(25)16(5-2)28-17-11-10-14-8-6-7-9-15(14)23-17/h4,6-11,16H,1,5,12H2,2-3H3,(H,22,24,25). The molecule has 1 N–H and O–H groups in total. The van der Waals surface area contributed by atoms with E-state index in [1.165, 1.54) is 17.8 Å². The molecule has 8 heteroatoms. The summed E-state index contributed by atoms with van der Waals surface area (Å²) in [5.41, 5.74) is 1.42. The molecule has 2 heterocycles. The highest BCUT2D eigenvalue weighted by Crippen LogP contribution is 2.28. The van der Waals surface area contributed by atoms with Crippen LogP contribution in [0.25, 0.3) is 10.9 Å². The van der Waals surface area contributed by atoms with Crippen LogP contribution in [0.4, 0.5) is 5.13 Å². The Labute approximate surface area is 177 Å². The Morgan fingerprint density at radius 1 is 1.28 bits per heavy atom. The second-order valence-corrected chi connectivity index (χ2v) is 8.39. The van der Waals surface area contributed by atoms with E-state index in [2.05, 4.69) is 21.9 Å². The number of benzene rings is 1. The normalized spacial score (nSPS) is 11.8. The van der Waals surface area contributed by atoms with Gasteiger partial charge in [-0.25, -0.2) is 14.8 Å². The number of anilines is 1. The maximum absolute atomic E-state index is 12.8. The van der Waals surface area contributed by atoms with E-state index in [1.54, 1.807) is 6.92 Å². The summed E-state index contributed by atoms with van der Waals surface area (Å²) >= 11 is 2.52. The topological polar surface area (TPSA) is 81.2 Å². The minimum absolute atomic E-state index is 0.130. The van der Waals surface area contributed by atoms with Crippen LogP contribution in [-0.4, -0.2) is 33.7 Å². The number of esters is 1. The first kappa shape index (κ1) is 21.0. The Bertz CT molecular complexity index is 1050. The molecule has 1 amide bonds. The average Bonchev–Trinajstić information content (AvgIpc) is 3.09. The Hall–Kier alpha value is -2.71. The molecule has 1 unspecified atom stereocenters. The number of aromatic nitrogens is 2. The van der Waals surface area contributed by atoms with E-state index < -0.39 is 5.97 Å². The summed E-state index contributed by atoms with van der Waals surface area (Å²) in [6.07, 6.45) is 2.13. The largest absolute Gasteiger partial charge is 0.457 e. The van der Waals surface area contributed by atoms with Crippen LogP contribution in [0.5, 0.6) is 0 Å². The zero-order valence-electron chi connectivity index (χ0n) is 16.2. The van der Waals surface area contributed by atoms with Crippen LogP contribution in [0.2, 0.25) is 0 Å². The maximum Gasteiger partial charge on any atom is 0.350 e. The zero-order chi connectivity index (χ0) is 20.8. The summed E-state index contributed by atoms with van der Waals surface area (Å²) in [4.78, 5) is 34.1.